The molecule has 3 rings (SSSR count). The number of aryl methyl sites for hydroxylation is 1. The number of carbonyl (C=O) groups is 1. The largest absolute Gasteiger partial charge is 0.486 e. The van der Waals surface area contributed by atoms with Crippen molar-refractivity contribution in [2.45, 2.75) is 40.0 Å². The van der Waals surface area contributed by atoms with Crippen LogP contribution in [0.15, 0.2) is 53.9 Å². The first-order valence-corrected chi connectivity index (χ1v) is 10.4. The van der Waals surface area contributed by atoms with Gasteiger partial charge in [0, 0.05) is 22.0 Å². The topological polar surface area (TPSA) is 42.4 Å². The maximum Gasteiger partial charge on any atom is 0.254 e. The number of nitrogens with zero attached hydrogens (tertiary/aromatic N) is 2. The molecule has 0 saturated heterocycles. The average Bonchev–Trinajstić information content (AvgIpc) is 3.13. The first-order valence-electron chi connectivity index (χ1n) is 9.11. The highest BCUT2D eigenvalue weighted by molar-refractivity contribution is 7.09. The molecular weight excluding hydrogens is 392 g/mol. The highest BCUT2D eigenvalue weighted by Crippen LogP contribution is 2.20. The summed E-state index contributed by atoms with van der Waals surface area (Å²) in [5.74, 6) is 0.765. The molecule has 0 aliphatic carbocycles. The average molecular weight is 415 g/mol. The lowest BCUT2D eigenvalue weighted by molar-refractivity contribution is 0.0688. The lowest BCUT2D eigenvalue weighted by atomic mass is 10.1. The lowest BCUT2D eigenvalue weighted by Gasteiger charge is -2.26. The second kappa shape index (κ2) is 9.22. The normalized spacial score (nSPS) is 10.9. The van der Waals surface area contributed by atoms with Crippen LogP contribution >= 0.6 is 22.9 Å². The van der Waals surface area contributed by atoms with Crippen LogP contribution in [-0.4, -0.2) is 21.8 Å². The van der Waals surface area contributed by atoms with Crippen molar-refractivity contribution in [3.63, 3.8) is 0 Å². The van der Waals surface area contributed by atoms with Crippen molar-refractivity contribution in [3.05, 3.63) is 80.8 Å². The van der Waals surface area contributed by atoms with Gasteiger partial charge in [0.15, 0.2) is 0 Å². The predicted molar refractivity (Wildman–Crippen MR) is 114 cm³/mol. The van der Waals surface area contributed by atoms with Crippen molar-refractivity contribution >= 4 is 28.8 Å². The Morgan fingerprint density at radius 1 is 1.14 bits per heavy atom. The van der Waals surface area contributed by atoms with Gasteiger partial charge >= 0.3 is 0 Å². The zero-order chi connectivity index (χ0) is 20.1. The molecule has 1 heterocycles. The van der Waals surface area contributed by atoms with Crippen LogP contribution in [0.2, 0.25) is 5.02 Å². The van der Waals surface area contributed by atoms with E-state index in [-0.39, 0.29) is 11.9 Å². The number of rotatable bonds is 7. The quantitative estimate of drug-likeness (QED) is 0.495. The summed E-state index contributed by atoms with van der Waals surface area (Å²) in [6.45, 7) is 6.91. The van der Waals surface area contributed by atoms with Crippen LogP contribution in [0.5, 0.6) is 5.75 Å². The van der Waals surface area contributed by atoms with Gasteiger partial charge in [-0.3, -0.25) is 4.79 Å². The first kappa shape index (κ1) is 20.4. The Kier molecular flexibility index (Phi) is 6.70. The summed E-state index contributed by atoms with van der Waals surface area (Å²) in [5, 5.41) is 3.53. The predicted octanol–water partition coefficient (Wildman–Crippen LogP) is 5.73. The zero-order valence-corrected chi connectivity index (χ0v) is 17.8. The van der Waals surface area contributed by atoms with Crippen LogP contribution in [0.3, 0.4) is 0 Å². The molecule has 0 aliphatic rings. The number of hydrogen-bond donors (Lipinski definition) is 0. The van der Waals surface area contributed by atoms with E-state index in [9.17, 15) is 4.79 Å². The molecule has 4 nitrogen and oxygen atoms in total. The number of amides is 1. The third-order valence-electron chi connectivity index (χ3n) is 4.29. The zero-order valence-electron chi connectivity index (χ0n) is 16.2. The van der Waals surface area contributed by atoms with Gasteiger partial charge in [-0.2, -0.15) is 0 Å². The van der Waals surface area contributed by atoms with Crippen LogP contribution in [-0.2, 0) is 13.2 Å². The molecule has 0 radical (unpaired) electrons. The van der Waals surface area contributed by atoms with Crippen LogP contribution in [0, 0.1) is 6.92 Å². The van der Waals surface area contributed by atoms with Gasteiger partial charge in [0.1, 0.15) is 17.4 Å². The van der Waals surface area contributed by atoms with E-state index < -0.39 is 0 Å². The molecule has 3 aromatic rings. The maximum absolute atomic E-state index is 12.9. The van der Waals surface area contributed by atoms with Crippen molar-refractivity contribution in [3.8, 4) is 5.75 Å². The third kappa shape index (κ3) is 5.33. The van der Waals surface area contributed by atoms with Crippen LogP contribution in [0.1, 0.15) is 40.5 Å². The minimum absolute atomic E-state index is 0.0157. The molecule has 1 aromatic heterocycles. The first-order chi connectivity index (χ1) is 13.4. The van der Waals surface area contributed by atoms with E-state index in [0.29, 0.717) is 23.7 Å². The summed E-state index contributed by atoms with van der Waals surface area (Å²) in [6, 6.07) is 15.0. The molecule has 0 N–H and O–H groups in total. The van der Waals surface area contributed by atoms with Gasteiger partial charge in [-0.15, -0.1) is 11.3 Å². The van der Waals surface area contributed by atoms with Crippen molar-refractivity contribution in [2.75, 3.05) is 0 Å². The highest BCUT2D eigenvalue weighted by Gasteiger charge is 2.20. The molecular formula is C22H23ClN2O2S. The summed E-state index contributed by atoms with van der Waals surface area (Å²) in [4.78, 5) is 19.4. The number of benzene rings is 2. The Hall–Kier alpha value is -2.37. The van der Waals surface area contributed by atoms with Crippen LogP contribution in [0.25, 0.3) is 0 Å². The molecule has 0 aliphatic heterocycles. The molecule has 0 unspecified atom stereocenters. The number of carbonyl (C=O) groups excluding carboxylic acids is 1. The molecule has 6 heteroatoms. The number of aromatic nitrogens is 1. The molecule has 0 spiro atoms. The second-order valence-corrected chi connectivity index (χ2v) is 8.25. The van der Waals surface area contributed by atoms with E-state index >= 15 is 0 Å². The Bertz CT molecular complexity index is 920. The van der Waals surface area contributed by atoms with Gasteiger partial charge in [0.05, 0.1) is 12.2 Å². The van der Waals surface area contributed by atoms with Gasteiger partial charge in [-0.25, -0.2) is 4.98 Å². The molecule has 0 fully saturated rings. The lowest BCUT2D eigenvalue weighted by Crippen LogP contribution is -2.36. The standard InChI is InChI=1S/C22H23ClN2O2S/c1-15(2)25(22(26)17-6-4-16(3)5-7-17)12-19-14-28-21(24-19)13-27-20-10-8-18(23)9-11-20/h4-11,14-15H,12-13H2,1-3H3. The van der Waals surface area contributed by atoms with Crippen molar-refractivity contribution in [1.29, 1.82) is 0 Å². The highest BCUT2D eigenvalue weighted by atomic mass is 35.5. The molecule has 2 aromatic carbocycles. The van der Waals surface area contributed by atoms with Crippen molar-refractivity contribution < 1.29 is 9.53 Å². The number of halogens is 1. The third-order valence-corrected chi connectivity index (χ3v) is 5.41. The fourth-order valence-electron chi connectivity index (χ4n) is 2.69. The summed E-state index contributed by atoms with van der Waals surface area (Å²) in [6.07, 6.45) is 0. The Morgan fingerprint density at radius 3 is 2.46 bits per heavy atom. The van der Waals surface area contributed by atoms with Gasteiger partial charge in [0.2, 0.25) is 0 Å². The fraction of sp³-hybridized carbons (Fsp3) is 0.273. The fourth-order valence-corrected chi connectivity index (χ4v) is 3.51. The van der Waals surface area contributed by atoms with E-state index in [1.54, 1.807) is 12.1 Å². The maximum atomic E-state index is 12.9. The van der Waals surface area contributed by atoms with Crippen LogP contribution < -0.4 is 4.74 Å². The molecule has 0 saturated carbocycles. The summed E-state index contributed by atoms with van der Waals surface area (Å²) in [5.41, 5.74) is 2.70. The second-order valence-electron chi connectivity index (χ2n) is 6.87. The van der Waals surface area contributed by atoms with E-state index in [1.165, 1.54) is 11.3 Å². The molecule has 28 heavy (non-hydrogen) atoms. The minimum Gasteiger partial charge on any atom is -0.486 e. The molecule has 0 atom stereocenters. The number of ether oxygens (including phenoxy) is 1. The van der Waals surface area contributed by atoms with Gasteiger partial charge in [-0.05, 0) is 57.2 Å². The summed E-state index contributed by atoms with van der Waals surface area (Å²) < 4.78 is 5.75. The Balaban J connectivity index is 1.64. The van der Waals surface area contributed by atoms with Crippen molar-refractivity contribution in [1.82, 2.24) is 9.88 Å². The number of thiazole rings is 1. The molecule has 146 valence electrons. The number of hydrogen-bond acceptors (Lipinski definition) is 4. The van der Waals surface area contributed by atoms with E-state index in [4.69, 9.17) is 16.3 Å². The minimum atomic E-state index is 0.0157. The van der Waals surface area contributed by atoms with Crippen LogP contribution in [0.4, 0.5) is 0 Å². The molecule has 1 amide bonds. The molecule has 0 bridgehead atoms. The summed E-state index contributed by atoms with van der Waals surface area (Å²) in [7, 11) is 0. The summed E-state index contributed by atoms with van der Waals surface area (Å²) >= 11 is 7.42. The van der Waals surface area contributed by atoms with Gasteiger partial charge in [-0.1, -0.05) is 29.3 Å². The van der Waals surface area contributed by atoms with E-state index in [1.807, 2.05) is 67.4 Å². The van der Waals surface area contributed by atoms with Crippen molar-refractivity contribution in [2.24, 2.45) is 0 Å². The SMILES string of the molecule is Cc1ccc(C(=O)N(Cc2csc(COc3ccc(Cl)cc3)n2)C(C)C)cc1. The Labute approximate surface area is 174 Å². The van der Waals surface area contributed by atoms with Gasteiger partial charge < -0.3 is 9.64 Å². The van der Waals surface area contributed by atoms with E-state index in [2.05, 4.69) is 4.98 Å². The monoisotopic (exact) mass is 414 g/mol. The smallest absolute Gasteiger partial charge is 0.254 e. The van der Waals surface area contributed by atoms with E-state index in [0.717, 1.165) is 22.0 Å². The van der Waals surface area contributed by atoms with Gasteiger partial charge in [0.25, 0.3) is 5.91 Å². The Morgan fingerprint density at radius 2 is 1.82 bits per heavy atom.